The Hall–Kier alpha value is -3.67. The third kappa shape index (κ3) is 4.73. The minimum Gasteiger partial charge on any atom is -0.465 e. The van der Waals surface area contributed by atoms with Gasteiger partial charge in [0.15, 0.2) is 0 Å². The number of nitrogens with one attached hydrogen (secondary N) is 2. The summed E-state index contributed by atoms with van der Waals surface area (Å²) >= 11 is 0. The first-order chi connectivity index (χ1) is 13.4. The third-order valence-electron chi connectivity index (χ3n) is 4.07. The Morgan fingerprint density at radius 1 is 0.857 bits per heavy atom. The number of ether oxygens (including phenoxy) is 1. The van der Waals surface area contributed by atoms with E-state index in [4.69, 9.17) is 0 Å². The first-order valence-electron chi connectivity index (χ1n) is 8.76. The van der Waals surface area contributed by atoms with Gasteiger partial charge in [0.2, 0.25) is 0 Å². The highest BCUT2D eigenvalue weighted by atomic mass is 16.5. The van der Waals surface area contributed by atoms with Crippen LogP contribution >= 0.6 is 0 Å². The average molecular weight is 375 g/mol. The molecule has 0 aliphatic rings. The molecule has 1 amide bonds. The van der Waals surface area contributed by atoms with E-state index in [-0.39, 0.29) is 11.9 Å². The number of pyridine rings is 1. The molecule has 0 saturated carbocycles. The van der Waals surface area contributed by atoms with Crippen molar-refractivity contribution in [3.8, 4) is 0 Å². The molecular weight excluding hydrogens is 354 g/mol. The topological polar surface area (TPSA) is 80.3 Å². The number of hydrogen-bond donors (Lipinski definition) is 2. The van der Waals surface area contributed by atoms with Crippen molar-refractivity contribution in [1.82, 2.24) is 4.98 Å². The lowest BCUT2D eigenvalue weighted by molar-refractivity contribution is 0.0600. The minimum absolute atomic E-state index is 0.283. The van der Waals surface area contributed by atoms with E-state index in [1.165, 1.54) is 7.11 Å². The Bertz CT molecular complexity index is 994. The molecule has 1 heterocycles. The molecule has 0 unspecified atom stereocenters. The van der Waals surface area contributed by atoms with Gasteiger partial charge in [-0.25, -0.2) is 4.79 Å². The predicted octanol–water partition coefficient (Wildman–Crippen LogP) is 4.48. The Labute approximate surface area is 163 Å². The molecule has 0 saturated heterocycles. The molecule has 142 valence electrons. The fraction of sp³-hybridized carbons (Fsp3) is 0.136. The van der Waals surface area contributed by atoms with Crippen molar-refractivity contribution < 1.29 is 14.3 Å². The molecule has 2 aromatic carbocycles. The number of methoxy groups -OCH3 is 1. The van der Waals surface area contributed by atoms with Crippen molar-refractivity contribution in [1.29, 1.82) is 0 Å². The fourth-order valence-electron chi connectivity index (χ4n) is 2.85. The Morgan fingerprint density at radius 3 is 2.18 bits per heavy atom. The normalized spacial score (nSPS) is 10.2. The summed E-state index contributed by atoms with van der Waals surface area (Å²) in [7, 11) is 1.34. The second kappa shape index (κ2) is 8.35. The molecule has 0 aliphatic carbocycles. The van der Waals surface area contributed by atoms with Gasteiger partial charge in [-0.15, -0.1) is 0 Å². The third-order valence-corrected chi connectivity index (χ3v) is 4.07. The molecule has 1 aromatic heterocycles. The Balaban J connectivity index is 1.72. The maximum absolute atomic E-state index is 12.5. The molecule has 0 atom stereocenters. The second-order valence-corrected chi connectivity index (χ2v) is 6.45. The molecule has 3 aromatic rings. The average Bonchev–Trinajstić information content (AvgIpc) is 2.67. The van der Waals surface area contributed by atoms with Crippen molar-refractivity contribution in [2.75, 3.05) is 17.7 Å². The van der Waals surface area contributed by atoms with Crippen LogP contribution in [0.3, 0.4) is 0 Å². The highest BCUT2D eigenvalue weighted by molar-refractivity contribution is 6.03. The fourth-order valence-corrected chi connectivity index (χ4v) is 2.85. The van der Waals surface area contributed by atoms with Crippen molar-refractivity contribution >= 4 is 28.9 Å². The molecule has 28 heavy (non-hydrogen) atoms. The van der Waals surface area contributed by atoms with Gasteiger partial charge in [-0.1, -0.05) is 6.07 Å². The molecule has 0 aliphatic heterocycles. The van der Waals surface area contributed by atoms with Crippen molar-refractivity contribution in [2.24, 2.45) is 0 Å². The van der Waals surface area contributed by atoms with E-state index in [1.807, 2.05) is 32.0 Å². The van der Waals surface area contributed by atoms with Gasteiger partial charge in [-0.3, -0.25) is 9.78 Å². The summed E-state index contributed by atoms with van der Waals surface area (Å²) in [6.45, 7) is 3.97. The van der Waals surface area contributed by atoms with Gasteiger partial charge in [-0.05, 0) is 73.5 Å². The molecule has 0 radical (unpaired) electrons. The number of nitrogens with zero attached hydrogens (tertiary/aromatic N) is 1. The smallest absolute Gasteiger partial charge is 0.337 e. The first-order valence-corrected chi connectivity index (χ1v) is 8.76. The standard InChI is InChI=1S/C22H21N3O3/c1-14-10-15(2)12-19(11-14)25-21(26)20-13-18(8-9-23-20)24-17-6-4-16(5-7-17)22(27)28-3/h4-13H,1-3H3,(H,23,24)(H,25,26). The van der Waals surface area contributed by atoms with Gasteiger partial charge < -0.3 is 15.4 Å². The zero-order chi connectivity index (χ0) is 20.1. The number of benzene rings is 2. The summed E-state index contributed by atoms with van der Waals surface area (Å²) in [5.41, 5.74) is 5.15. The van der Waals surface area contributed by atoms with E-state index in [9.17, 15) is 9.59 Å². The second-order valence-electron chi connectivity index (χ2n) is 6.45. The van der Waals surface area contributed by atoms with E-state index >= 15 is 0 Å². The summed E-state index contributed by atoms with van der Waals surface area (Å²) < 4.78 is 4.69. The van der Waals surface area contributed by atoms with Crippen LogP contribution in [0.1, 0.15) is 32.0 Å². The van der Waals surface area contributed by atoms with Crippen molar-refractivity contribution in [3.63, 3.8) is 0 Å². The number of hydrogen-bond acceptors (Lipinski definition) is 5. The minimum atomic E-state index is -0.388. The number of amides is 1. The Kier molecular flexibility index (Phi) is 5.69. The van der Waals surface area contributed by atoms with Crippen LogP contribution in [0.15, 0.2) is 60.8 Å². The monoisotopic (exact) mass is 375 g/mol. The number of aromatic nitrogens is 1. The van der Waals surface area contributed by atoms with E-state index in [1.54, 1.807) is 42.6 Å². The lowest BCUT2D eigenvalue weighted by Gasteiger charge is -2.10. The quantitative estimate of drug-likeness (QED) is 0.643. The van der Waals surface area contributed by atoms with Gasteiger partial charge >= 0.3 is 5.97 Å². The Morgan fingerprint density at radius 2 is 1.54 bits per heavy atom. The zero-order valence-corrected chi connectivity index (χ0v) is 15.9. The van der Waals surface area contributed by atoms with Gasteiger partial charge in [-0.2, -0.15) is 0 Å². The summed E-state index contributed by atoms with van der Waals surface area (Å²) in [6, 6.07) is 16.2. The highest BCUT2D eigenvalue weighted by Gasteiger charge is 2.10. The number of anilines is 3. The first kappa shape index (κ1) is 19.1. The van der Waals surface area contributed by atoms with E-state index < -0.39 is 0 Å². The number of rotatable bonds is 5. The molecule has 0 spiro atoms. The molecule has 6 heteroatoms. The predicted molar refractivity (Wildman–Crippen MR) is 109 cm³/mol. The van der Waals surface area contributed by atoms with E-state index in [2.05, 4.69) is 20.4 Å². The van der Waals surface area contributed by atoms with Crippen molar-refractivity contribution in [3.05, 3.63) is 83.2 Å². The number of carbonyl (C=O) groups is 2. The molecule has 0 bridgehead atoms. The van der Waals surface area contributed by atoms with E-state index in [0.29, 0.717) is 16.9 Å². The van der Waals surface area contributed by atoms with Crippen LogP contribution < -0.4 is 10.6 Å². The van der Waals surface area contributed by atoms with Crippen LogP contribution in [0.2, 0.25) is 0 Å². The van der Waals surface area contributed by atoms with Crippen LogP contribution in [0.4, 0.5) is 17.1 Å². The van der Waals surface area contributed by atoms with E-state index in [0.717, 1.165) is 22.5 Å². The van der Waals surface area contributed by atoms with Gasteiger partial charge in [0.1, 0.15) is 5.69 Å². The van der Waals surface area contributed by atoms with Gasteiger partial charge in [0, 0.05) is 23.3 Å². The van der Waals surface area contributed by atoms with Gasteiger partial charge in [0.05, 0.1) is 12.7 Å². The number of aryl methyl sites for hydroxylation is 2. The number of esters is 1. The maximum Gasteiger partial charge on any atom is 0.337 e. The van der Waals surface area contributed by atoms with Crippen LogP contribution in [-0.2, 0) is 4.74 Å². The highest BCUT2D eigenvalue weighted by Crippen LogP contribution is 2.19. The largest absolute Gasteiger partial charge is 0.465 e. The summed E-state index contributed by atoms with van der Waals surface area (Å²) in [6.07, 6.45) is 1.57. The molecule has 3 rings (SSSR count). The van der Waals surface area contributed by atoms with Crippen molar-refractivity contribution in [2.45, 2.75) is 13.8 Å². The SMILES string of the molecule is COC(=O)c1ccc(Nc2ccnc(C(=O)Nc3cc(C)cc(C)c3)c2)cc1. The molecule has 0 fully saturated rings. The maximum atomic E-state index is 12.5. The van der Waals surface area contributed by atoms with Gasteiger partial charge in [0.25, 0.3) is 5.91 Å². The number of carbonyl (C=O) groups excluding carboxylic acids is 2. The molecule has 2 N–H and O–H groups in total. The lowest BCUT2D eigenvalue weighted by Crippen LogP contribution is -2.14. The lowest BCUT2D eigenvalue weighted by atomic mass is 10.1. The van der Waals surface area contributed by atoms with Crippen LogP contribution in [0.25, 0.3) is 0 Å². The van der Waals surface area contributed by atoms with Crippen LogP contribution in [0.5, 0.6) is 0 Å². The zero-order valence-electron chi connectivity index (χ0n) is 15.9. The summed E-state index contributed by atoms with van der Waals surface area (Å²) in [5.74, 6) is -0.671. The summed E-state index contributed by atoms with van der Waals surface area (Å²) in [5, 5.41) is 6.07. The van der Waals surface area contributed by atoms with Crippen LogP contribution in [-0.4, -0.2) is 24.0 Å². The summed E-state index contributed by atoms with van der Waals surface area (Å²) in [4.78, 5) is 28.2. The molecule has 6 nitrogen and oxygen atoms in total. The van der Waals surface area contributed by atoms with Crippen LogP contribution in [0, 0.1) is 13.8 Å². The molecular formula is C22H21N3O3.